The van der Waals surface area contributed by atoms with Crippen LogP contribution in [0.5, 0.6) is 0 Å². The van der Waals surface area contributed by atoms with Gasteiger partial charge in [0.15, 0.2) is 6.16 Å². The minimum Gasteiger partial charge on any atom is -0.150 e. The number of rotatable bonds is 10. The lowest BCUT2D eigenvalue weighted by molar-refractivity contribution is 0.413. The molecule has 0 aliphatic rings. The zero-order chi connectivity index (χ0) is 10.6. The van der Waals surface area contributed by atoms with E-state index in [4.69, 9.17) is 4.52 Å². The summed E-state index contributed by atoms with van der Waals surface area (Å²) < 4.78 is 15.6. The van der Waals surface area contributed by atoms with Gasteiger partial charge in [-0.15, -0.1) is 4.52 Å². The molecule has 0 amide bonds. The Balaban J connectivity index is 2.95. The highest BCUT2D eigenvalue weighted by atomic mass is 31.1. The third-order valence-electron chi connectivity index (χ3n) is 2.40. The summed E-state index contributed by atoms with van der Waals surface area (Å²) in [5.41, 5.74) is 0. The van der Waals surface area contributed by atoms with Crippen LogP contribution in [-0.2, 0) is 9.09 Å². The lowest BCUT2D eigenvalue weighted by atomic mass is 10.1. The predicted molar refractivity (Wildman–Crippen MR) is 62.1 cm³/mol. The second kappa shape index (κ2) is 11.1. The van der Waals surface area contributed by atoms with Crippen molar-refractivity contribution in [2.75, 3.05) is 13.3 Å². The summed E-state index contributed by atoms with van der Waals surface area (Å²) in [5, 5.41) is 0. The molecule has 0 aromatic heterocycles. The van der Waals surface area contributed by atoms with Gasteiger partial charge in [-0.1, -0.05) is 45.4 Å². The summed E-state index contributed by atoms with van der Waals surface area (Å²) in [7, 11) is 0.159. The molecule has 0 fully saturated rings. The summed E-state index contributed by atoms with van der Waals surface area (Å²) >= 11 is 0. The van der Waals surface area contributed by atoms with Gasteiger partial charge in [-0.2, -0.15) is 0 Å². The summed E-state index contributed by atoms with van der Waals surface area (Å²) in [4.78, 5) is 0. The van der Waals surface area contributed by atoms with Gasteiger partial charge in [0.05, 0.1) is 7.11 Å². The molecule has 2 nitrogen and oxygen atoms in total. The molecular formula is C11H24O2P+. The van der Waals surface area contributed by atoms with Crippen molar-refractivity contribution < 1.29 is 9.09 Å². The SMILES string of the molecule is CCCCCCCCCC[P+](=O)OC. The summed E-state index contributed by atoms with van der Waals surface area (Å²) in [6.07, 6.45) is 11.0. The monoisotopic (exact) mass is 219 g/mol. The van der Waals surface area contributed by atoms with Crippen LogP contribution in [0.25, 0.3) is 0 Å². The average molecular weight is 219 g/mol. The first-order valence-corrected chi connectivity index (χ1v) is 7.16. The normalized spacial score (nSPS) is 11.7. The highest BCUT2D eigenvalue weighted by molar-refractivity contribution is 7.39. The summed E-state index contributed by atoms with van der Waals surface area (Å²) in [6, 6.07) is 0. The first-order chi connectivity index (χ1) is 6.81. The maximum absolute atomic E-state index is 10.9. The van der Waals surface area contributed by atoms with Crippen molar-refractivity contribution in [1.29, 1.82) is 0 Å². The minimum atomic E-state index is -1.36. The van der Waals surface area contributed by atoms with E-state index >= 15 is 0 Å². The van der Waals surface area contributed by atoms with Crippen LogP contribution in [0.2, 0.25) is 0 Å². The number of hydrogen-bond acceptors (Lipinski definition) is 2. The molecule has 0 saturated heterocycles. The maximum atomic E-state index is 10.9. The van der Waals surface area contributed by atoms with Crippen LogP contribution >= 0.6 is 8.03 Å². The molecule has 0 aromatic carbocycles. The van der Waals surface area contributed by atoms with Crippen molar-refractivity contribution in [3.8, 4) is 0 Å². The van der Waals surface area contributed by atoms with Gasteiger partial charge in [-0.3, -0.25) is 0 Å². The average Bonchev–Trinajstić information content (AvgIpc) is 2.21. The molecule has 3 heteroatoms. The second-order valence-electron chi connectivity index (χ2n) is 3.71. The van der Waals surface area contributed by atoms with E-state index in [0.29, 0.717) is 0 Å². The van der Waals surface area contributed by atoms with Gasteiger partial charge in [-0.05, 0) is 17.4 Å². The Hall–Kier alpha value is 0.0600. The van der Waals surface area contributed by atoms with Crippen molar-refractivity contribution in [2.24, 2.45) is 0 Å². The summed E-state index contributed by atoms with van der Waals surface area (Å²) in [5.74, 6) is 0. The van der Waals surface area contributed by atoms with Crippen LogP contribution in [0.15, 0.2) is 0 Å². The molecule has 0 saturated carbocycles. The van der Waals surface area contributed by atoms with E-state index in [1.807, 2.05) is 0 Å². The first kappa shape index (κ1) is 14.1. The largest absolute Gasteiger partial charge is 0.507 e. The van der Waals surface area contributed by atoms with Crippen LogP contribution in [-0.4, -0.2) is 13.3 Å². The van der Waals surface area contributed by atoms with Crippen LogP contribution in [0.1, 0.15) is 58.3 Å². The Kier molecular flexibility index (Phi) is 11.2. The Morgan fingerprint density at radius 2 is 1.43 bits per heavy atom. The zero-order valence-electron chi connectivity index (χ0n) is 9.63. The van der Waals surface area contributed by atoms with Gasteiger partial charge >= 0.3 is 8.03 Å². The van der Waals surface area contributed by atoms with Gasteiger partial charge < -0.3 is 0 Å². The third-order valence-corrected chi connectivity index (χ3v) is 3.49. The van der Waals surface area contributed by atoms with Crippen LogP contribution in [0.4, 0.5) is 0 Å². The van der Waals surface area contributed by atoms with Gasteiger partial charge in [0.1, 0.15) is 0 Å². The third kappa shape index (κ3) is 10.1. The smallest absolute Gasteiger partial charge is 0.150 e. The fourth-order valence-electron chi connectivity index (χ4n) is 1.47. The van der Waals surface area contributed by atoms with Gasteiger partial charge in [-0.25, -0.2) is 0 Å². The zero-order valence-corrected chi connectivity index (χ0v) is 10.5. The van der Waals surface area contributed by atoms with E-state index in [9.17, 15) is 4.57 Å². The van der Waals surface area contributed by atoms with Crippen LogP contribution in [0, 0.1) is 0 Å². The molecule has 84 valence electrons. The molecule has 1 atom stereocenters. The lowest BCUT2D eigenvalue weighted by Gasteiger charge is -1.98. The second-order valence-corrected chi connectivity index (χ2v) is 5.19. The fraction of sp³-hybridized carbons (Fsp3) is 1.00. The van der Waals surface area contributed by atoms with E-state index < -0.39 is 8.03 Å². The lowest BCUT2D eigenvalue weighted by Crippen LogP contribution is -1.83. The van der Waals surface area contributed by atoms with Crippen molar-refractivity contribution in [2.45, 2.75) is 58.3 Å². The van der Waals surface area contributed by atoms with E-state index in [2.05, 4.69) is 6.92 Å². The van der Waals surface area contributed by atoms with Crippen molar-refractivity contribution >= 4 is 8.03 Å². The Morgan fingerprint density at radius 1 is 0.929 bits per heavy atom. The van der Waals surface area contributed by atoms with Crippen molar-refractivity contribution in [1.82, 2.24) is 0 Å². The van der Waals surface area contributed by atoms with Gasteiger partial charge in [0.2, 0.25) is 0 Å². The molecule has 0 spiro atoms. The molecule has 0 N–H and O–H groups in total. The summed E-state index contributed by atoms with van der Waals surface area (Å²) in [6.45, 7) is 2.24. The van der Waals surface area contributed by atoms with E-state index in [1.54, 1.807) is 0 Å². The fourth-order valence-corrected chi connectivity index (χ4v) is 2.13. The molecule has 0 aliphatic carbocycles. The van der Waals surface area contributed by atoms with Crippen molar-refractivity contribution in [3.05, 3.63) is 0 Å². The Labute approximate surface area is 89.3 Å². The first-order valence-electron chi connectivity index (χ1n) is 5.80. The van der Waals surface area contributed by atoms with E-state index in [1.165, 1.54) is 52.1 Å². The molecule has 14 heavy (non-hydrogen) atoms. The standard InChI is InChI=1S/C11H24O2P/c1-3-4-5-6-7-8-9-10-11-14(12)13-2/h3-11H2,1-2H3/q+1. The van der Waals surface area contributed by atoms with Crippen molar-refractivity contribution in [3.63, 3.8) is 0 Å². The van der Waals surface area contributed by atoms with E-state index in [-0.39, 0.29) is 0 Å². The molecule has 0 aliphatic heterocycles. The quantitative estimate of drug-likeness (QED) is 0.399. The molecule has 0 bridgehead atoms. The maximum Gasteiger partial charge on any atom is 0.507 e. The highest BCUT2D eigenvalue weighted by Crippen LogP contribution is 2.22. The van der Waals surface area contributed by atoms with Gasteiger partial charge in [0, 0.05) is 0 Å². The molecule has 0 aromatic rings. The van der Waals surface area contributed by atoms with Crippen LogP contribution in [0.3, 0.4) is 0 Å². The Morgan fingerprint density at radius 3 is 1.93 bits per heavy atom. The number of unbranched alkanes of at least 4 members (excludes halogenated alkanes) is 7. The predicted octanol–water partition coefficient (Wildman–Crippen LogP) is 4.52. The van der Waals surface area contributed by atoms with E-state index in [0.717, 1.165) is 12.6 Å². The molecule has 1 unspecified atom stereocenters. The number of hydrogen-bond donors (Lipinski definition) is 0. The molecule has 0 heterocycles. The molecule has 0 radical (unpaired) electrons. The van der Waals surface area contributed by atoms with Crippen LogP contribution < -0.4 is 0 Å². The minimum absolute atomic E-state index is 0.737. The Bertz CT molecular complexity index is 137. The molecule has 0 rings (SSSR count). The van der Waals surface area contributed by atoms with Gasteiger partial charge in [0.25, 0.3) is 0 Å². The topological polar surface area (TPSA) is 26.3 Å². The highest BCUT2D eigenvalue weighted by Gasteiger charge is 2.12. The molecular weight excluding hydrogens is 195 g/mol.